The van der Waals surface area contributed by atoms with E-state index in [1.54, 1.807) is 16.0 Å². The minimum Gasteiger partial charge on any atom is -0.312 e. The average molecular weight is 195 g/mol. The van der Waals surface area contributed by atoms with Crippen LogP contribution in [0.3, 0.4) is 0 Å². The van der Waals surface area contributed by atoms with Crippen LogP contribution in [0.15, 0.2) is 5.38 Å². The molecule has 0 atom stereocenters. The molecule has 0 amide bonds. The van der Waals surface area contributed by atoms with E-state index in [9.17, 15) is 0 Å². The Kier molecular flexibility index (Phi) is 2.70. The van der Waals surface area contributed by atoms with Crippen LogP contribution in [0.1, 0.15) is 29.9 Å². The zero-order valence-electron chi connectivity index (χ0n) is 8.39. The molecule has 0 fully saturated rings. The van der Waals surface area contributed by atoms with Crippen molar-refractivity contribution in [2.24, 2.45) is 5.92 Å². The second-order valence-corrected chi connectivity index (χ2v) is 5.15. The van der Waals surface area contributed by atoms with Gasteiger partial charge in [0.05, 0.1) is 0 Å². The standard InChI is InChI=1S/C11H17NS/c1-8(2)5-9-7-13-11-6-12-4-3-10(9)11/h7-8,12H,3-6H2,1-2H3. The van der Waals surface area contributed by atoms with Crippen molar-refractivity contribution in [2.45, 2.75) is 33.2 Å². The molecule has 0 unspecified atom stereocenters. The molecule has 0 radical (unpaired) electrons. The number of nitrogens with one attached hydrogen (secondary N) is 1. The third kappa shape index (κ3) is 1.94. The van der Waals surface area contributed by atoms with Gasteiger partial charge in [-0.1, -0.05) is 13.8 Å². The maximum absolute atomic E-state index is 3.42. The average Bonchev–Trinajstić information content (AvgIpc) is 2.48. The van der Waals surface area contributed by atoms with Crippen LogP contribution in [0.5, 0.6) is 0 Å². The van der Waals surface area contributed by atoms with Crippen LogP contribution in [0.25, 0.3) is 0 Å². The molecule has 0 spiro atoms. The lowest BCUT2D eigenvalue weighted by molar-refractivity contribution is 0.621. The molecule has 72 valence electrons. The Morgan fingerprint density at radius 1 is 1.54 bits per heavy atom. The molecule has 2 heteroatoms. The molecule has 13 heavy (non-hydrogen) atoms. The lowest BCUT2D eigenvalue weighted by Gasteiger charge is -2.15. The molecule has 1 N–H and O–H groups in total. The van der Waals surface area contributed by atoms with E-state index < -0.39 is 0 Å². The van der Waals surface area contributed by atoms with Crippen molar-refractivity contribution >= 4 is 11.3 Å². The fourth-order valence-electron chi connectivity index (χ4n) is 1.94. The third-order valence-corrected chi connectivity index (χ3v) is 3.61. The summed E-state index contributed by atoms with van der Waals surface area (Å²) in [4.78, 5) is 1.57. The van der Waals surface area contributed by atoms with Crippen LogP contribution in [0.2, 0.25) is 0 Å². The molecule has 1 aliphatic rings. The molecule has 0 bridgehead atoms. The summed E-state index contributed by atoms with van der Waals surface area (Å²) in [6.07, 6.45) is 2.49. The van der Waals surface area contributed by atoms with Crippen LogP contribution in [-0.2, 0) is 19.4 Å². The summed E-state index contributed by atoms with van der Waals surface area (Å²) in [5.74, 6) is 0.786. The summed E-state index contributed by atoms with van der Waals surface area (Å²) in [6.45, 7) is 6.85. The predicted molar refractivity (Wildman–Crippen MR) is 58.3 cm³/mol. The second kappa shape index (κ2) is 3.81. The summed E-state index contributed by atoms with van der Waals surface area (Å²) in [7, 11) is 0. The molecule has 0 aliphatic carbocycles. The third-order valence-electron chi connectivity index (χ3n) is 2.53. The summed E-state index contributed by atoms with van der Waals surface area (Å²) < 4.78 is 0. The van der Waals surface area contributed by atoms with Gasteiger partial charge < -0.3 is 5.32 Å². The van der Waals surface area contributed by atoms with E-state index in [1.807, 2.05) is 11.3 Å². The number of rotatable bonds is 2. The first kappa shape index (κ1) is 9.22. The summed E-state index contributed by atoms with van der Waals surface area (Å²) in [5.41, 5.74) is 3.26. The topological polar surface area (TPSA) is 12.0 Å². The van der Waals surface area contributed by atoms with Crippen LogP contribution < -0.4 is 5.32 Å². The number of thiophene rings is 1. The highest BCUT2D eigenvalue weighted by Gasteiger charge is 2.15. The first-order chi connectivity index (χ1) is 6.27. The molecule has 1 nitrogen and oxygen atoms in total. The van der Waals surface area contributed by atoms with Crippen molar-refractivity contribution < 1.29 is 0 Å². The van der Waals surface area contributed by atoms with E-state index >= 15 is 0 Å². The van der Waals surface area contributed by atoms with Gasteiger partial charge in [0.2, 0.25) is 0 Å². The molecule has 2 rings (SSSR count). The van der Waals surface area contributed by atoms with Crippen LogP contribution in [0.4, 0.5) is 0 Å². The SMILES string of the molecule is CC(C)Cc1csc2c1CCNC2. The Hall–Kier alpha value is -0.340. The van der Waals surface area contributed by atoms with Gasteiger partial charge in [-0.15, -0.1) is 11.3 Å². The number of hydrogen-bond donors (Lipinski definition) is 1. The minimum atomic E-state index is 0.786. The maximum atomic E-state index is 3.42. The van der Waals surface area contributed by atoms with Gasteiger partial charge >= 0.3 is 0 Å². The van der Waals surface area contributed by atoms with E-state index in [4.69, 9.17) is 0 Å². The monoisotopic (exact) mass is 195 g/mol. The van der Waals surface area contributed by atoms with Gasteiger partial charge in [0.1, 0.15) is 0 Å². The molecular formula is C11H17NS. The zero-order valence-corrected chi connectivity index (χ0v) is 9.21. The Bertz CT molecular complexity index is 288. The van der Waals surface area contributed by atoms with Crippen molar-refractivity contribution in [3.63, 3.8) is 0 Å². The molecular weight excluding hydrogens is 178 g/mol. The Morgan fingerprint density at radius 2 is 2.38 bits per heavy atom. The van der Waals surface area contributed by atoms with Crippen molar-refractivity contribution in [2.75, 3.05) is 6.54 Å². The largest absolute Gasteiger partial charge is 0.312 e. The molecule has 1 aromatic heterocycles. The van der Waals surface area contributed by atoms with E-state index in [1.165, 1.54) is 12.8 Å². The maximum Gasteiger partial charge on any atom is 0.0302 e. The van der Waals surface area contributed by atoms with Gasteiger partial charge in [0, 0.05) is 11.4 Å². The van der Waals surface area contributed by atoms with E-state index in [2.05, 4.69) is 24.5 Å². The van der Waals surface area contributed by atoms with Gasteiger partial charge in [-0.3, -0.25) is 0 Å². The highest BCUT2D eigenvalue weighted by atomic mass is 32.1. The van der Waals surface area contributed by atoms with E-state index in [0.29, 0.717) is 0 Å². The molecule has 0 saturated carbocycles. The zero-order chi connectivity index (χ0) is 9.26. The van der Waals surface area contributed by atoms with Gasteiger partial charge in [-0.25, -0.2) is 0 Å². The van der Waals surface area contributed by atoms with Gasteiger partial charge in [0.25, 0.3) is 0 Å². The molecule has 1 aliphatic heterocycles. The van der Waals surface area contributed by atoms with Crippen LogP contribution in [-0.4, -0.2) is 6.54 Å². The van der Waals surface area contributed by atoms with Gasteiger partial charge in [-0.2, -0.15) is 0 Å². The van der Waals surface area contributed by atoms with E-state index in [0.717, 1.165) is 19.0 Å². The van der Waals surface area contributed by atoms with Crippen molar-refractivity contribution in [3.8, 4) is 0 Å². The molecule has 0 aromatic carbocycles. The smallest absolute Gasteiger partial charge is 0.0302 e. The van der Waals surface area contributed by atoms with E-state index in [-0.39, 0.29) is 0 Å². The van der Waals surface area contributed by atoms with Crippen LogP contribution >= 0.6 is 11.3 Å². The Labute approximate surface area is 84.2 Å². The van der Waals surface area contributed by atoms with Crippen molar-refractivity contribution in [1.29, 1.82) is 0 Å². The first-order valence-corrected chi connectivity index (χ1v) is 5.94. The highest BCUT2D eigenvalue weighted by molar-refractivity contribution is 7.10. The van der Waals surface area contributed by atoms with Crippen molar-refractivity contribution in [1.82, 2.24) is 5.32 Å². The first-order valence-electron chi connectivity index (χ1n) is 5.06. The van der Waals surface area contributed by atoms with Crippen LogP contribution in [0, 0.1) is 5.92 Å². The van der Waals surface area contributed by atoms with Gasteiger partial charge in [0.15, 0.2) is 0 Å². The lowest BCUT2D eigenvalue weighted by atomic mass is 9.97. The second-order valence-electron chi connectivity index (χ2n) is 4.19. The highest BCUT2D eigenvalue weighted by Crippen LogP contribution is 2.27. The molecule has 1 aromatic rings. The fraction of sp³-hybridized carbons (Fsp3) is 0.636. The lowest BCUT2D eigenvalue weighted by Crippen LogP contribution is -2.22. The number of hydrogen-bond acceptors (Lipinski definition) is 2. The Morgan fingerprint density at radius 3 is 3.15 bits per heavy atom. The minimum absolute atomic E-state index is 0.786. The fourth-order valence-corrected chi connectivity index (χ4v) is 3.02. The number of fused-ring (bicyclic) bond motifs is 1. The summed E-state index contributed by atoms with van der Waals surface area (Å²) in [5, 5.41) is 5.78. The Balaban J connectivity index is 2.21. The quantitative estimate of drug-likeness (QED) is 0.765. The molecule has 2 heterocycles. The summed E-state index contributed by atoms with van der Waals surface area (Å²) in [6, 6.07) is 0. The predicted octanol–water partition coefficient (Wildman–Crippen LogP) is 2.59. The summed E-state index contributed by atoms with van der Waals surface area (Å²) >= 11 is 1.93. The molecule has 0 saturated heterocycles. The van der Waals surface area contributed by atoms with Gasteiger partial charge in [-0.05, 0) is 41.8 Å². The van der Waals surface area contributed by atoms with Crippen molar-refractivity contribution in [3.05, 3.63) is 21.4 Å². The normalized spacial score (nSPS) is 16.2.